The minimum Gasteiger partial charge on any atom is -0.481 e. The molecule has 0 spiro atoms. The van der Waals surface area contributed by atoms with Crippen molar-refractivity contribution in [1.29, 1.82) is 0 Å². The Morgan fingerprint density at radius 1 is 1.65 bits per heavy atom. The van der Waals surface area contributed by atoms with Crippen molar-refractivity contribution in [2.24, 2.45) is 11.7 Å². The molecule has 1 atom stereocenters. The molecule has 0 radical (unpaired) electrons. The first-order valence-electron chi connectivity index (χ1n) is 5.59. The summed E-state index contributed by atoms with van der Waals surface area (Å²) in [6, 6.07) is 3.61. The van der Waals surface area contributed by atoms with Crippen LogP contribution in [0.1, 0.15) is 18.4 Å². The highest BCUT2D eigenvalue weighted by Gasteiger charge is 2.19. The third-order valence-corrected chi connectivity index (χ3v) is 2.62. The molecule has 1 unspecified atom stereocenters. The number of ether oxygens (including phenoxy) is 1. The van der Waals surface area contributed by atoms with Crippen LogP contribution in [0, 0.1) is 5.92 Å². The average molecular weight is 238 g/mol. The number of rotatable bonds is 7. The highest BCUT2D eigenvalue weighted by atomic mass is 16.5. The van der Waals surface area contributed by atoms with E-state index in [0.717, 1.165) is 5.56 Å². The molecule has 17 heavy (non-hydrogen) atoms. The summed E-state index contributed by atoms with van der Waals surface area (Å²) < 4.78 is 5.10. The fraction of sp³-hybridized carbons (Fsp3) is 0.500. The van der Waals surface area contributed by atoms with Crippen molar-refractivity contribution in [3.8, 4) is 5.88 Å². The van der Waals surface area contributed by atoms with Crippen molar-refractivity contribution in [1.82, 2.24) is 4.98 Å². The van der Waals surface area contributed by atoms with Gasteiger partial charge in [0.2, 0.25) is 5.88 Å². The molecular formula is C12H18N2O3. The van der Waals surface area contributed by atoms with E-state index in [1.54, 1.807) is 12.3 Å². The van der Waals surface area contributed by atoms with Crippen LogP contribution in [0.15, 0.2) is 18.3 Å². The predicted octanol–water partition coefficient (Wildman–Crippen LogP) is 1.07. The topological polar surface area (TPSA) is 85.4 Å². The van der Waals surface area contributed by atoms with E-state index in [4.69, 9.17) is 15.6 Å². The summed E-state index contributed by atoms with van der Waals surface area (Å²) in [6.45, 7) is 0.508. The lowest BCUT2D eigenvalue weighted by Gasteiger charge is -2.13. The second kappa shape index (κ2) is 6.85. The lowest BCUT2D eigenvalue weighted by Crippen LogP contribution is -2.18. The third-order valence-electron chi connectivity index (χ3n) is 2.62. The normalized spacial score (nSPS) is 12.1. The molecule has 3 N–H and O–H groups in total. The minimum absolute atomic E-state index is 0.423. The minimum atomic E-state index is -0.802. The van der Waals surface area contributed by atoms with Gasteiger partial charge in [0.25, 0.3) is 0 Å². The maximum absolute atomic E-state index is 11.1. The summed E-state index contributed by atoms with van der Waals surface area (Å²) in [6.07, 6.45) is 3.33. The molecule has 0 bridgehead atoms. The Balaban J connectivity index is 2.74. The van der Waals surface area contributed by atoms with Crippen LogP contribution in [0.4, 0.5) is 0 Å². The van der Waals surface area contributed by atoms with Crippen LogP contribution in [0.2, 0.25) is 0 Å². The highest BCUT2D eigenvalue weighted by molar-refractivity contribution is 5.70. The average Bonchev–Trinajstić information content (AvgIpc) is 2.34. The van der Waals surface area contributed by atoms with Crippen molar-refractivity contribution in [2.75, 3.05) is 13.7 Å². The molecule has 0 aliphatic carbocycles. The van der Waals surface area contributed by atoms with E-state index in [9.17, 15) is 4.79 Å². The van der Waals surface area contributed by atoms with Gasteiger partial charge in [0.15, 0.2) is 0 Å². The number of carbonyl (C=O) groups is 1. The smallest absolute Gasteiger partial charge is 0.306 e. The molecule has 1 heterocycles. The molecule has 0 saturated carbocycles. The van der Waals surface area contributed by atoms with Gasteiger partial charge in [0.1, 0.15) is 0 Å². The number of hydrogen-bond donors (Lipinski definition) is 2. The molecule has 5 nitrogen and oxygen atoms in total. The lowest BCUT2D eigenvalue weighted by molar-refractivity contribution is -0.141. The van der Waals surface area contributed by atoms with Gasteiger partial charge in [-0.25, -0.2) is 4.98 Å². The number of nitrogens with zero attached hydrogens (tertiary/aromatic N) is 1. The zero-order chi connectivity index (χ0) is 12.7. The molecule has 0 aliphatic rings. The van der Waals surface area contributed by atoms with Gasteiger partial charge in [0, 0.05) is 11.8 Å². The van der Waals surface area contributed by atoms with Crippen LogP contribution in [0.25, 0.3) is 0 Å². The van der Waals surface area contributed by atoms with Gasteiger partial charge in [-0.2, -0.15) is 0 Å². The van der Waals surface area contributed by atoms with Gasteiger partial charge in [-0.3, -0.25) is 4.79 Å². The summed E-state index contributed by atoms with van der Waals surface area (Å²) in [5.41, 5.74) is 6.22. The molecule has 0 amide bonds. The Kier molecular flexibility index (Phi) is 5.42. The summed E-state index contributed by atoms with van der Waals surface area (Å²) in [5, 5.41) is 9.12. The van der Waals surface area contributed by atoms with Crippen molar-refractivity contribution < 1.29 is 14.6 Å². The Bertz CT molecular complexity index is 369. The van der Waals surface area contributed by atoms with E-state index in [1.807, 2.05) is 6.07 Å². The van der Waals surface area contributed by atoms with E-state index in [0.29, 0.717) is 31.7 Å². The first-order chi connectivity index (χ1) is 8.19. The number of aliphatic carboxylic acids is 1. The number of nitrogens with two attached hydrogens (primary N) is 1. The predicted molar refractivity (Wildman–Crippen MR) is 63.9 cm³/mol. The van der Waals surface area contributed by atoms with E-state index in [2.05, 4.69) is 4.98 Å². The largest absolute Gasteiger partial charge is 0.481 e. The van der Waals surface area contributed by atoms with E-state index >= 15 is 0 Å². The second-order valence-electron chi connectivity index (χ2n) is 3.84. The van der Waals surface area contributed by atoms with Gasteiger partial charge in [-0.1, -0.05) is 6.07 Å². The van der Waals surface area contributed by atoms with Gasteiger partial charge in [-0.15, -0.1) is 0 Å². The lowest BCUT2D eigenvalue weighted by atomic mass is 9.95. The maximum atomic E-state index is 11.1. The number of carboxylic acid groups (broad SMARTS) is 1. The van der Waals surface area contributed by atoms with Crippen molar-refractivity contribution in [3.63, 3.8) is 0 Å². The molecule has 1 rings (SSSR count). The fourth-order valence-electron chi connectivity index (χ4n) is 1.71. The first-order valence-corrected chi connectivity index (χ1v) is 5.59. The van der Waals surface area contributed by atoms with Gasteiger partial charge in [0.05, 0.1) is 13.0 Å². The molecular weight excluding hydrogens is 220 g/mol. The standard InChI is InChI=1S/C12H18N2O3/c1-17-11-9(5-3-7-14-11)8-10(12(15)16)4-2-6-13/h3,5,7,10H,2,4,6,8,13H2,1H3,(H,15,16). The van der Waals surface area contributed by atoms with Crippen molar-refractivity contribution in [3.05, 3.63) is 23.9 Å². The molecule has 0 saturated heterocycles. The Morgan fingerprint density at radius 2 is 2.41 bits per heavy atom. The summed E-state index contributed by atoms with van der Waals surface area (Å²) >= 11 is 0. The molecule has 1 aromatic heterocycles. The molecule has 1 aromatic rings. The van der Waals surface area contributed by atoms with Crippen LogP contribution < -0.4 is 10.5 Å². The highest BCUT2D eigenvalue weighted by Crippen LogP contribution is 2.20. The summed E-state index contributed by atoms with van der Waals surface area (Å²) in [4.78, 5) is 15.2. The second-order valence-corrected chi connectivity index (χ2v) is 3.84. The van der Waals surface area contributed by atoms with E-state index in [-0.39, 0.29) is 0 Å². The number of carboxylic acids is 1. The Labute approximate surface area is 101 Å². The summed E-state index contributed by atoms with van der Waals surface area (Å²) in [5.74, 6) is -0.743. The molecule has 0 aromatic carbocycles. The van der Waals surface area contributed by atoms with Crippen molar-refractivity contribution in [2.45, 2.75) is 19.3 Å². The molecule has 0 aliphatic heterocycles. The third kappa shape index (κ3) is 4.03. The van der Waals surface area contributed by atoms with Gasteiger partial charge < -0.3 is 15.6 Å². The maximum Gasteiger partial charge on any atom is 0.306 e. The first kappa shape index (κ1) is 13.4. The number of pyridine rings is 1. The molecule has 0 fully saturated rings. The van der Waals surface area contributed by atoms with E-state index in [1.165, 1.54) is 7.11 Å². The van der Waals surface area contributed by atoms with Crippen LogP contribution >= 0.6 is 0 Å². The SMILES string of the molecule is COc1ncccc1CC(CCCN)C(=O)O. The number of aromatic nitrogens is 1. The fourth-order valence-corrected chi connectivity index (χ4v) is 1.71. The molecule has 5 heteroatoms. The zero-order valence-electron chi connectivity index (χ0n) is 9.93. The van der Waals surface area contributed by atoms with Gasteiger partial charge >= 0.3 is 5.97 Å². The van der Waals surface area contributed by atoms with Gasteiger partial charge in [-0.05, 0) is 31.9 Å². The zero-order valence-corrected chi connectivity index (χ0v) is 9.93. The number of hydrogen-bond acceptors (Lipinski definition) is 4. The van der Waals surface area contributed by atoms with Crippen molar-refractivity contribution >= 4 is 5.97 Å². The molecule has 94 valence electrons. The van der Waals surface area contributed by atoms with Crippen LogP contribution in [-0.2, 0) is 11.2 Å². The summed E-state index contributed by atoms with van der Waals surface area (Å²) in [7, 11) is 1.53. The monoisotopic (exact) mass is 238 g/mol. The van der Waals surface area contributed by atoms with Crippen LogP contribution in [0.5, 0.6) is 5.88 Å². The Hall–Kier alpha value is -1.62. The van der Waals surface area contributed by atoms with Crippen LogP contribution in [0.3, 0.4) is 0 Å². The quantitative estimate of drug-likeness (QED) is 0.742. The van der Waals surface area contributed by atoms with E-state index < -0.39 is 11.9 Å². The number of methoxy groups -OCH3 is 1. The van der Waals surface area contributed by atoms with Crippen LogP contribution in [-0.4, -0.2) is 29.7 Å². The Morgan fingerprint density at radius 3 is 3.00 bits per heavy atom.